The topological polar surface area (TPSA) is 99.5 Å². The van der Waals surface area contributed by atoms with Crippen molar-refractivity contribution in [1.82, 2.24) is 4.31 Å². The third-order valence-corrected chi connectivity index (χ3v) is 5.26. The Labute approximate surface area is 148 Å². The zero-order valence-corrected chi connectivity index (χ0v) is 15.5. The first-order valence-electron chi connectivity index (χ1n) is 7.97. The molecule has 7 nitrogen and oxygen atoms in total. The molecule has 0 saturated heterocycles. The largest absolute Gasteiger partial charge is 0.462 e. The van der Waals surface area contributed by atoms with E-state index in [1.807, 2.05) is 6.92 Å². The van der Waals surface area contributed by atoms with Crippen molar-refractivity contribution < 1.29 is 17.9 Å². The molecule has 0 atom stereocenters. The number of sulfonamides is 1. The molecule has 1 rings (SSSR count). The molecule has 1 N–H and O–H groups in total. The normalized spacial score (nSPS) is 11.9. The van der Waals surface area contributed by atoms with Crippen LogP contribution in [0.1, 0.15) is 26.7 Å². The second-order valence-corrected chi connectivity index (χ2v) is 7.28. The van der Waals surface area contributed by atoms with Crippen LogP contribution >= 0.6 is 0 Å². The fraction of sp³-hybridized carbons (Fsp3) is 0.412. The van der Waals surface area contributed by atoms with Gasteiger partial charge in [-0.2, -0.15) is 5.26 Å². The summed E-state index contributed by atoms with van der Waals surface area (Å²) in [5.41, 5.74) is 0.380. The molecule has 1 aromatic rings. The Kier molecular flexibility index (Phi) is 8.11. The van der Waals surface area contributed by atoms with Gasteiger partial charge in [0.25, 0.3) is 0 Å². The van der Waals surface area contributed by atoms with Crippen molar-refractivity contribution >= 4 is 21.7 Å². The van der Waals surface area contributed by atoms with Gasteiger partial charge < -0.3 is 10.1 Å². The van der Waals surface area contributed by atoms with E-state index in [9.17, 15) is 13.2 Å². The maximum absolute atomic E-state index is 12.4. The molecule has 136 valence electrons. The van der Waals surface area contributed by atoms with Gasteiger partial charge in [0.1, 0.15) is 6.07 Å². The highest BCUT2D eigenvalue weighted by Crippen LogP contribution is 2.18. The molecule has 0 radical (unpaired) electrons. The SMILES string of the molecule is CCCCN(C)S(=O)(=O)c1ccc(N/C=C(\C#N)C(=O)OCC)cc1. The smallest absolute Gasteiger partial charge is 0.350 e. The van der Waals surface area contributed by atoms with Gasteiger partial charge >= 0.3 is 5.97 Å². The van der Waals surface area contributed by atoms with E-state index in [1.54, 1.807) is 32.2 Å². The van der Waals surface area contributed by atoms with Crippen LogP contribution in [0.5, 0.6) is 0 Å². The number of ether oxygens (including phenoxy) is 1. The summed E-state index contributed by atoms with van der Waals surface area (Å²) in [6.45, 7) is 4.29. The van der Waals surface area contributed by atoms with Crippen LogP contribution in [0.25, 0.3) is 0 Å². The Bertz CT molecular complexity index is 749. The first kappa shape index (κ1) is 20.7. The van der Waals surface area contributed by atoms with Crippen molar-refractivity contribution in [3.63, 3.8) is 0 Å². The zero-order valence-electron chi connectivity index (χ0n) is 14.7. The van der Waals surface area contributed by atoms with Crippen molar-refractivity contribution in [2.45, 2.75) is 31.6 Å². The van der Waals surface area contributed by atoms with Crippen molar-refractivity contribution in [3.8, 4) is 6.07 Å². The number of esters is 1. The number of benzene rings is 1. The predicted molar refractivity (Wildman–Crippen MR) is 95.1 cm³/mol. The molecule has 0 fully saturated rings. The standard InChI is InChI=1S/C17H23N3O4S/c1-4-6-11-20(3)25(22,23)16-9-7-15(8-10-16)19-13-14(12-18)17(21)24-5-2/h7-10,13,19H,4-6,11H2,1-3H3/b14-13+. The molecule has 0 aliphatic carbocycles. The van der Waals surface area contributed by atoms with Crippen LogP contribution in [-0.2, 0) is 19.6 Å². The van der Waals surface area contributed by atoms with Gasteiger partial charge in [-0.3, -0.25) is 0 Å². The first-order valence-corrected chi connectivity index (χ1v) is 9.41. The Morgan fingerprint density at radius 1 is 1.32 bits per heavy atom. The second kappa shape index (κ2) is 9.81. The molecular weight excluding hydrogens is 342 g/mol. The van der Waals surface area contributed by atoms with Gasteiger partial charge in [0.15, 0.2) is 5.57 Å². The molecule has 8 heteroatoms. The number of anilines is 1. The third-order valence-electron chi connectivity index (χ3n) is 3.39. The van der Waals surface area contributed by atoms with Crippen LogP contribution in [-0.4, -0.2) is 38.9 Å². The molecule has 0 amide bonds. The number of carbonyl (C=O) groups excluding carboxylic acids is 1. The minimum Gasteiger partial charge on any atom is -0.462 e. The summed E-state index contributed by atoms with van der Waals surface area (Å²) < 4.78 is 30.9. The van der Waals surface area contributed by atoms with E-state index >= 15 is 0 Å². The average Bonchev–Trinajstić information content (AvgIpc) is 2.60. The Morgan fingerprint density at radius 2 is 1.96 bits per heavy atom. The Balaban J connectivity index is 2.86. The first-order chi connectivity index (χ1) is 11.9. The highest BCUT2D eigenvalue weighted by atomic mass is 32.2. The molecule has 0 unspecified atom stereocenters. The lowest BCUT2D eigenvalue weighted by atomic mass is 10.3. The summed E-state index contributed by atoms with van der Waals surface area (Å²) in [6.07, 6.45) is 2.94. The summed E-state index contributed by atoms with van der Waals surface area (Å²) >= 11 is 0. The number of hydrogen-bond donors (Lipinski definition) is 1. The minimum absolute atomic E-state index is 0.169. The quantitative estimate of drug-likeness (QED) is 0.410. The summed E-state index contributed by atoms with van der Waals surface area (Å²) in [5, 5.41) is 11.7. The number of unbranched alkanes of at least 4 members (excludes halogenated alkanes) is 1. The molecular formula is C17H23N3O4S. The third kappa shape index (κ3) is 5.89. The number of carbonyl (C=O) groups is 1. The second-order valence-electron chi connectivity index (χ2n) is 5.24. The van der Waals surface area contributed by atoms with Crippen molar-refractivity contribution in [1.29, 1.82) is 5.26 Å². The van der Waals surface area contributed by atoms with Gasteiger partial charge in [0, 0.05) is 25.5 Å². The lowest BCUT2D eigenvalue weighted by Crippen LogP contribution is -2.27. The molecule has 0 heterocycles. The lowest BCUT2D eigenvalue weighted by molar-refractivity contribution is -0.138. The van der Waals surface area contributed by atoms with Gasteiger partial charge in [-0.1, -0.05) is 13.3 Å². The van der Waals surface area contributed by atoms with E-state index in [4.69, 9.17) is 10.00 Å². The van der Waals surface area contributed by atoms with E-state index in [1.165, 1.54) is 22.6 Å². The number of rotatable bonds is 9. The fourth-order valence-electron chi connectivity index (χ4n) is 1.91. The molecule has 0 saturated carbocycles. The van der Waals surface area contributed by atoms with Crippen LogP contribution < -0.4 is 5.32 Å². The molecule has 0 aromatic heterocycles. The van der Waals surface area contributed by atoms with E-state index in [0.717, 1.165) is 12.8 Å². The maximum Gasteiger partial charge on any atom is 0.350 e. The molecule has 1 aromatic carbocycles. The number of nitrogens with zero attached hydrogens (tertiary/aromatic N) is 2. The van der Waals surface area contributed by atoms with Crippen LogP contribution in [0, 0.1) is 11.3 Å². The highest BCUT2D eigenvalue weighted by molar-refractivity contribution is 7.89. The Morgan fingerprint density at radius 3 is 2.48 bits per heavy atom. The van der Waals surface area contributed by atoms with E-state index < -0.39 is 16.0 Å². The van der Waals surface area contributed by atoms with Crippen molar-refractivity contribution in [3.05, 3.63) is 36.0 Å². The van der Waals surface area contributed by atoms with Gasteiger partial charge in [-0.15, -0.1) is 0 Å². The van der Waals surface area contributed by atoms with Crippen molar-refractivity contribution in [2.75, 3.05) is 25.5 Å². The number of hydrogen-bond acceptors (Lipinski definition) is 6. The van der Waals surface area contributed by atoms with Gasteiger partial charge in [0.05, 0.1) is 11.5 Å². The van der Waals surface area contributed by atoms with E-state index in [-0.39, 0.29) is 17.1 Å². The minimum atomic E-state index is -3.52. The molecule has 25 heavy (non-hydrogen) atoms. The maximum atomic E-state index is 12.4. The summed E-state index contributed by atoms with van der Waals surface area (Å²) in [7, 11) is -1.97. The fourth-order valence-corrected chi connectivity index (χ4v) is 3.11. The average molecular weight is 365 g/mol. The van der Waals surface area contributed by atoms with Crippen LogP contribution in [0.4, 0.5) is 5.69 Å². The zero-order chi connectivity index (χ0) is 18.9. The van der Waals surface area contributed by atoms with E-state index in [0.29, 0.717) is 12.2 Å². The van der Waals surface area contributed by atoms with Gasteiger partial charge in [-0.05, 0) is 37.6 Å². The van der Waals surface area contributed by atoms with Gasteiger partial charge in [0.2, 0.25) is 10.0 Å². The Hall–Kier alpha value is -2.37. The molecule has 0 aliphatic heterocycles. The summed E-state index contributed by atoms with van der Waals surface area (Å²) in [6, 6.07) is 7.83. The highest BCUT2D eigenvalue weighted by Gasteiger charge is 2.19. The van der Waals surface area contributed by atoms with Crippen LogP contribution in [0.3, 0.4) is 0 Å². The summed E-state index contributed by atoms with van der Waals surface area (Å²) in [5.74, 6) is -0.714. The summed E-state index contributed by atoms with van der Waals surface area (Å²) in [4.78, 5) is 11.7. The molecule has 0 aliphatic rings. The number of nitriles is 1. The molecule has 0 bridgehead atoms. The molecule has 0 spiro atoms. The van der Waals surface area contributed by atoms with Crippen molar-refractivity contribution in [2.24, 2.45) is 0 Å². The monoisotopic (exact) mass is 365 g/mol. The lowest BCUT2D eigenvalue weighted by Gasteiger charge is -2.17. The van der Waals surface area contributed by atoms with Crippen LogP contribution in [0.15, 0.2) is 40.9 Å². The van der Waals surface area contributed by atoms with E-state index in [2.05, 4.69) is 5.32 Å². The number of nitrogens with one attached hydrogen (secondary N) is 1. The van der Waals surface area contributed by atoms with Crippen LogP contribution in [0.2, 0.25) is 0 Å². The predicted octanol–water partition coefficient (Wildman–Crippen LogP) is 2.49. The van der Waals surface area contributed by atoms with Gasteiger partial charge in [-0.25, -0.2) is 17.5 Å².